The number of rotatable bonds is 0. The van der Waals surface area contributed by atoms with E-state index in [1.807, 2.05) is 6.92 Å². The molecule has 1 N–H and O–H groups in total. The zero-order valence-electron chi connectivity index (χ0n) is 5.98. The van der Waals surface area contributed by atoms with Crippen molar-refractivity contribution in [2.45, 2.75) is 26.2 Å². The van der Waals surface area contributed by atoms with Gasteiger partial charge < -0.3 is 5.11 Å². The van der Waals surface area contributed by atoms with Crippen LogP contribution >= 0.6 is 0 Å². The third kappa shape index (κ3) is 1.51. The maximum Gasteiger partial charge on any atom is 0.381 e. The molecule has 2 heteroatoms. The van der Waals surface area contributed by atoms with E-state index in [1.165, 1.54) is 6.42 Å². The Balaban J connectivity index is 2.53. The van der Waals surface area contributed by atoms with Gasteiger partial charge in [-0.3, -0.25) is 0 Å². The van der Waals surface area contributed by atoms with Crippen LogP contribution < -0.4 is 0 Å². The van der Waals surface area contributed by atoms with Crippen LogP contribution in [-0.2, 0) is 4.79 Å². The monoisotopic (exact) mass is 138 g/mol. The average molecular weight is 138 g/mol. The quantitative estimate of drug-likeness (QED) is 0.512. The lowest BCUT2D eigenvalue weighted by Gasteiger charge is -2.32. The molecule has 0 aromatic rings. The van der Waals surface area contributed by atoms with Gasteiger partial charge >= 0.3 is 5.97 Å². The molecule has 54 valence electrons. The number of hydrogen-bond acceptors (Lipinski definition) is 1. The van der Waals surface area contributed by atoms with Crippen LogP contribution in [0.25, 0.3) is 0 Å². The maximum absolute atomic E-state index is 10.0. The molecule has 10 heavy (non-hydrogen) atoms. The van der Waals surface area contributed by atoms with Gasteiger partial charge in [-0.1, -0.05) is 12.3 Å². The van der Waals surface area contributed by atoms with E-state index < -0.39 is 5.97 Å². The summed E-state index contributed by atoms with van der Waals surface area (Å²) in [6.07, 6.45) is 3.28. The largest absolute Gasteiger partial charge is 0.472 e. The molecular weight excluding hydrogens is 128 g/mol. The van der Waals surface area contributed by atoms with Crippen LogP contribution in [0, 0.1) is 17.3 Å². The topological polar surface area (TPSA) is 37.3 Å². The van der Waals surface area contributed by atoms with Gasteiger partial charge in [0.1, 0.15) is 0 Å². The molecule has 0 aromatic heterocycles. The molecule has 0 atom stereocenters. The highest BCUT2D eigenvalue weighted by molar-refractivity contribution is 5.86. The third-order valence-electron chi connectivity index (χ3n) is 1.93. The van der Waals surface area contributed by atoms with Crippen molar-refractivity contribution < 1.29 is 9.90 Å². The highest BCUT2D eigenvalue weighted by Crippen LogP contribution is 2.39. The van der Waals surface area contributed by atoms with Gasteiger partial charge in [0.25, 0.3) is 0 Å². The predicted octanol–water partition coefficient (Wildman–Crippen LogP) is 1.26. The van der Waals surface area contributed by atoms with Crippen LogP contribution in [-0.4, -0.2) is 11.1 Å². The third-order valence-corrected chi connectivity index (χ3v) is 1.93. The molecule has 0 bridgehead atoms. The molecule has 0 unspecified atom stereocenters. The zero-order chi connectivity index (χ0) is 7.61. The second-order valence-corrected chi connectivity index (χ2v) is 2.97. The Labute approximate surface area is 60.2 Å². The van der Waals surface area contributed by atoms with E-state index in [1.54, 1.807) is 0 Å². The standard InChI is InChI=1S/C8H10O2/c1-8(4-2-5-8)6-3-7(9)10/h2,4-5H2,1H3,(H,9,10). The first kappa shape index (κ1) is 7.14. The molecule has 1 aliphatic rings. The summed E-state index contributed by atoms with van der Waals surface area (Å²) >= 11 is 0. The first-order chi connectivity index (χ1) is 4.62. The minimum Gasteiger partial charge on any atom is -0.472 e. The van der Waals surface area contributed by atoms with Crippen molar-refractivity contribution >= 4 is 5.97 Å². The van der Waals surface area contributed by atoms with E-state index in [9.17, 15) is 4.79 Å². The van der Waals surface area contributed by atoms with Crippen molar-refractivity contribution in [2.75, 3.05) is 0 Å². The summed E-state index contributed by atoms with van der Waals surface area (Å²) in [5.41, 5.74) is 0.0123. The number of carboxylic acid groups (broad SMARTS) is 1. The van der Waals surface area contributed by atoms with Crippen LogP contribution in [0.5, 0.6) is 0 Å². The molecule has 1 fully saturated rings. The Morgan fingerprint density at radius 1 is 1.60 bits per heavy atom. The molecule has 0 amide bonds. The van der Waals surface area contributed by atoms with Crippen LogP contribution in [0.3, 0.4) is 0 Å². The SMILES string of the molecule is CC1(C#CC(=O)O)CCC1. The van der Waals surface area contributed by atoms with E-state index in [2.05, 4.69) is 11.8 Å². The van der Waals surface area contributed by atoms with Crippen LogP contribution in [0.4, 0.5) is 0 Å². The van der Waals surface area contributed by atoms with E-state index >= 15 is 0 Å². The first-order valence-corrected chi connectivity index (χ1v) is 3.38. The molecule has 0 aromatic carbocycles. The van der Waals surface area contributed by atoms with Gasteiger partial charge in [0.2, 0.25) is 0 Å². The van der Waals surface area contributed by atoms with Gasteiger partial charge in [-0.05, 0) is 19.8 Å². The summed E-state index contributed by atoms with van der Waals surface area (Å²) in [4.78, 5) is 10.0. The van der Waals surface area contributed by atoms with Crippen molar-refractivity contribution in [3.8, 4) is 11.8 Å². The number of hydrogen-bond donors (Lipinski definition) is 1. The van der Waals surface area contributed by atoms with Gasteiger partial charge in [-0.2, -0.15) is 0 Å². The van der Waals surface area contributed by atoms with Gasteiger partial charge in [0.05, 0.1) is 0 Å². The minimum atomic E-state index is -1.02. The smallest absolute Gasteiger partial charge is 0.381 e. The van der Waals surface area contributed by atoms with Crippen LogP contribution in [0.15, 0.2) is 0 Å². The zero-order valence-corrected chi connectivity index (χ0v) is 5.98. The van der Waals surface area contributed by atoms with Crippen molar-refractivity contribution in [2.24, 2.45) is 5.41 Å². The molecule has 2 nitrogen and oxygen atoms in total. The van der Waals surface area contributed by atoms with Gasteiger partial charge in [0.15, 0.2) is 0 Å². The van der Waals surface area contributed by atoms with E-state index in [0.717, 1.165) is 12.8 Å². The molecule has 0 aliphatic heterocycles. The molecule has 0 heterocycles. The fourth-order valence-electron chi connectivity index (χ4n) is 1.04. The Morgan fingerprint density at radius 3 is 2.50 bits per heavy atom. The summed E-state index contributed by atoms with van der Waals surface area (Å²) in [6.45, 7) is 2.01. The Bertz CT molecular complexity index is 203. The summed E-state index contributed by atoms with van der Waals surface area (Å²) in [6, 6.07) is 0. The maximum atomic E-state index is 10.0. The molecule has 0 spiro atoms. The fourth-order valence-corrected chi connectivity index (χ4v) is 1.04. The molecule has 1 aliphatic carbocycles. The first-order valence-electron chi connectivity index (χ1n) is 3.38. The van der Waals surface area contributed by atoms with Crippen LogP contribution in [0.2, 0.25) is 0 Å². The number of carboxylic acids is 1. The Hall–Kier alpha value is -0.970. The van der Waals surface area contributed by atoms with Gasteiger partial charge in [-0.15, -0.1) is 0 Å². The molecule has 1 saturated carbocycles. The lowest BCUT2D eigenvalue weighted by Crippen LogP contribution is -2.23. The summed E-state index contributed by atoms with van der Waals surface area (Å²) in [5.74, 6) is 3.88. The highest BCUT2D eigenvalue weighted by Gasteiger charge is 2.29. The van der Waals surface area contributed by atoms with Crippen LogP contribution in [0.1, 0.15) is 26.2 Å². The average Bonchev–Trinajstić information content (AvgIpc) is 1.79. The second kappa shape index (κ2) is 2.34. The van der Waals surface area contributed by atoms with Crippen molar-refractivity contribution in [3.63, 3.8) is 0 Å². The highest BCUT2D eigenvalue weighted by atomic mass is 16.4. The predicted molar refractivity (Wildman–Crippen MR) is 37.4 cm³/mol. The molecule has 0 saturated heterocycles. The summed E-state index contributed by atoms with van der Waals surface area (Å²) in [5, 5.41) is 8.22. The Kier molecular flexibility index (Phi) is 1.67. The summed E-state index contributed by atoms with van der Waals surface area (Å²) in [7, 11) is 0. The lowest BCUT2D eigenvalue weighted by atomic mass is 9.71. The van der Waals surface area contributed by atoms with Crippen molar-refractivity contribution in [3.05, 3.63) is 0 Å². The van der Waals surface area contributed by atoms with Crippen molar-refractivity contribution in [1.29, 1.82) is 0 Å². The Morgan fingerprint density at radius 2 is 2.20 bits per heavy atom. The second-order valence-electron chi connectivity index (χ2n) is 2.97. The molecule has 0 radical (unpaired) electrons. The van der Waals surface area contributed by atoms with Gasteiger partial charge in [0, 0.05) is 11.3 Å². The van der Waals surface area contributed by atoms with Crippen molar-refractivity contribution in [1.82, 2.24) is 0 Å². The summed E-state index contributed by atoms with van der Waals surface area (Å²) < 4.78 is 0. The normalized spacial score (nSPS) is 20.1. The lowest BCUT2D eigenvalue weighted by molar-refractivity contribution is -0.130. The molecular formula is C8H10O2. The number of carbonyl (C=O) groups is 1. The van der Waals surface area contributed by atoms with E-state index in [0.29, 0.717) is 0 Å². The fraction of sp³-hybridized carbons (Fsp3) is 0.625. The van der Waals surface area contributed by atoms with E-state index in [4.69, 9.17) is 5.11 Å². The van der Waals surface area contributed by atoms with Gasteiger partial charge in [-0.25, -0.2) is 4.79 Å². The number of aliphatic carboxylic acids is 1. The minimum absolute atomic E-state index is 0.0123. The van der Waals surface area contributed by atoms with E-state index in [-0.39, 0.29) is 5.41 Å². The molecule has 1 rings (SSSR count).